The summed E-state index contributed by atoms with van der Waals surface area (Å²) < 4.78 is 5.28. The summed E-state index contributed by atoms with van der Waals surface area (Å²) >= 11 is 0. The van der Waals surface area contributed by atoms with E-state index in [2.05, 4.69) is 42.5 Å². The van der Waals surface area contributed by atoms with Gasteiger partial charge in [0.25, 0.3) is 0 Å². The Morgan fingerprint density at radius 3 is 2.55 bits per heavy atom. The van der Waals surface area contributed by atoms with Crippen LogP contribution in [-0.4, -0.2) is 12.1 Å². The van der Waals surface area contributed by atoms with Gasteiger partial charge in [0.1, 0.15) is 5.75 Å². The van der Waals surface area contributed by atoms with Crippen molar-refractivity contribution >= 4 is 32.6 Å². The van der Waals surface area contributed by atoms with E-state index in [1.165, 1.54) is 10.8 Å². The second kappa shape index (κ2) is 4.20. The zero-order valence-corrected chi connectivity index (χ0v) is 11.1. The first-order valence-electron chi connectivity index (χ1n) is 6.61. The molecule has 0 saturated carbocycles. The van der Waals surface area contributed by atoms with Crippen LogP contribution in [0.1, 0.15) is 0 Å². The van der Waals surface area contributed by atoms with Gasteiger partial charge < -0.3 is 4.74 Å². The Hall–Kier alpha value is -2.61. The SMILES string of the molecule is COc1ccc2nc3c(ccc4ccccc43)cc2c1. The van der Waals surface area contributed by atoms with Crippen molar-refractivity contribution in [3.05, 3.63) is 60.7 Å². The lowest BCUT2D eigenvalue weighted by molar-refractivity contribution is 0.415. The molecule has 1 aromatic heterocycles. The van der Waals surface area contributed by atoms with Crippen molar-refractivity contribution in [2.45, 2.75) is 0 Å². The van der Waals surface area contributed by atoms with Crippen LogP contribution in [0, 0.1) is 0 Å². The number of hydrogen-bond acceptors (Lipinski definition) is 2. The molecule has 4 aromatic rings. The number of fused-ring (bicyclic) bond motifs is 4. The lowest BCUT2D eigenvalue weighted by atomic mass is 10.0. The monoisotopic (exact) mass is 259 g/mol. The van der Waals surface area contributed by atoms with Gasteiger partial charge in [-0.05, 0) is 29.7 Å². The molecule has 4 rings (SSSR count). The van der Waals surface area contributed by atoms with Crippen LogP contribution < -0.4 is 4.74 Å². The average molecular weight is 259 g/mol. The fourth-order valence-corrected chi connectivity index (χ4v) is 2.68. The van der Waals surface area contributed by atoms with Gasteiger partial charge in [0.15, 0.2) is 0 Å². The van der Waals surface area contributed by atoms with E-state index in [0.29, 0.717) is 0 Å². The standard InChI is InChI=1S/C18H13NO/c1-20-15-8-9-17-14(11-15)10-13-7-6-12-4-2-3-5-16(12)18(13)19-17/h2-11H,1H3. The van der Waals surface area contributed by atoms with Crippen molar-refractivity contribution < 1.29 is 4.74 Å². The van der Waals surface area contributed by atoms with E-state index in [0.717, 1.165) is 27.6 Å². The highest BCUT2D eigenvalue weighted by atomic mass is 16.5. The summed E-state index contributed by atoms with van der Waals surface area (Å²) in [6.45, 7) is 0. The first-order valence-corrected chi connectivity index (χ1v) is 6.61. The van der Waals surface area contributed by atoms with Crippen LogP contribution in [-0.2, 0) is 0 Å². The van der Waals surface area contributed by atoms with Crippen molar-refractivity contribution in [1.29, 1.82) is 0 Å². The van der Waals surface area contributed by atoms with Gasteiger partial charge >= 0.3 is 0 Å². The molecule has 0 N–H and O–H groups in total. The summed E-state index contributed by atoms with van der Waals surface area (Å²) in [5, 5.41) is 4.68. The Morgan fingerprint density at radius 2 is 1.65 bits per heavy atom. The fourth-order valence-electron chi connectivity index (χ4n) is 2.68. The van der Waals surface area contributed by atoms with E-state index in [-0.39, 0.29) is 0 Å². The van der Waals surface area contributed by atoms with Gasteiger partial charge in [-0.2, -0.15) is 0 Å². The molecular weight excluding hydrogens is 246 g/mol. The predicted molar refractivity (Wildman–Crippen MR) is 83.3 cm³/mol. The molecular formula is C18H13NO. The normalized spacial score (nSPS) is 11.2. The van der Waals surface area contributed by atoms with E-state index in [9.17, 15) is 0 Å². The fraction of sp³-hybridized carbons (Fsp3) is 0.0556. The third kappa shape index (κ3) is 1.62. The number of benzene rings is 3. The lowest BCUT2D eigenvalue weighted by Crippen LogP contribution is -1.87. The third-order valence-corrected chi connectivity index (χ3v) is 3.71. The molecule has 0 aliphatic heterocycles. The van der Waals surface area contributed by atoms with Crippen LogP contribution in [0.2, 0.25) is 0 Å². The van der Waals surface area contributed by atoms with Gasteiger partial charge in [-0.25, -0.2) is 4.98 Å². The number of ether oxygens (including phenoxy) is 1. The highest BCUT2D eigenvalue weighted by Gasteiger charge is 2.04. The average Bonchev–Trinajstić information content (AvgIpc) is 2.52. The maximum Gasteiger partial charge on any atom is 0.119 e. The second-order valence-corrected chi connectivity index (χ2v) is 4.91. The molecule has 2 nitrogen and oxygen atoms in total. The molecule has 1 heterocycles. The van der Waals surface area contributed by atoms with E-state index in [1.807, 2.05) is 18.2 Å². The molecule has 0 radical (unpaired) electrons. The highest BCUT2D eigenvalue weighted by Crippen LogP contribution is 2.28. The van der Waals surface area contributed by atoms with Crippen LogP contribution >= 0.6 is 0 Å². The number of aromatic nitrogens is 1. The summed E-state index contributed by atoms with van der Waals surface area (Å²) in [6, 6.07) is 20.8. The Kier molecular flexibility index (Phi) is 2.36. The number of rotatable bonds is 1. The molecule has 0 aliphatic rings. The maximum absolute atomic E-state index is 5.28. The number of methoxy groups -OCH3 is 1. The van der Waals surface area contributed by atoms with Gasteiger partial charge in [-0.15, -0.1) is 0 Å². The van der Waals surface area contributed by atoms with E-state index >= 15 is 0 Å². The van der Waals surface area contributed by atoms with Crippen molar-refractivity contribution in [3.8, 4) is 5.75 Å². The van der Waals surface area contributed by atoms with Crippen molar-refractivity contribution in [2.75, 3.05) is 7.11 Å². The minimum absolute atomic E-state index is 0.861. The molecule has 0 aliphatic carbocycles. The summed E-state index contributed by atoms with van der Waals surface area (Å²) in [5.41, 5.74) is 2.05. The second-order valence-electron chi connectivity index (χ2n) is 4.91. The summed E-state index contributed by atoms with van der Waals surface area (Å²) in [7, 11) is 1.68. The van der Waals surface area contributed by atoms with Crippen molar-refractivity contribution in [2.24, 2.45) is 0 Å². The van der Waals surface area contributed by atoms with Crippen LogP contribution in [0.4, 0.5) is 0 Å². The molecule has 0 bridgehead atoms. The summed E-state index contributed by atoms with van der Waals surface area (Å²) in [5.74, 6) is 0.861. The van der Waals surface area contributed by atoms with Crippen molar-refractivity contribution in [3.63, 3.8) is 0 Å². The highest BCUT2D eigenvalue weighted by molar-refractivity contribution is 6.08. The molecule has 96 valence electrons. The van der Waals surface area contributed by atoms with Gasteiger partial charge in [0, 0.05) is 16.2 Å². The van der Waals surface area contributed by atoms with Crippen LogP contribution in [0.25, 0.3) is 32.6 Å². The van der Waals surface area contributed by atoms with Gasteiger partial charge in [0.2, 0.25) is 0 Å². The Balaban J connectivity index is 2.14. The Labute approximate surface area is 116 Å². The largest absolute Gasteiger partial charge is 0.497 e. The van der Waals surface area contributed by atoms with E-state index in [4.69, 9.17) is 9.72 Å². The maximum atomic E-state index is 5.28. The van der Waals surface area contributed by atoms with Gasteiger partial charge in [-0.1, -0.05) is 36.4 Å². The molecule has 0 atom stereocenters. The lowest BCUT2D eigenvalue weighted by Gasteiger charge is -2.06. The quantitative estimate of drug-likeness (QED) is 0.369. The zero-order valence-electron chi connectivity index (χ0n) is 11.1. The van der Waals surface area contributed by atoms with E-state index < -0.39 is 0 Å². The van der Waals surface area contributed by atoms with Crippen molar-refractivity contribution in [1.82, 2.24) is 4.98 Å². The molecule has 2 heteroatoms. The predicted octanol–water partition coefficient (Wildman–Crippen LogP) is 4.55. The summed E-state index contributed by atoms with van der Waals surface area (Å²) in [4.78, 5) is 4.83. The number of hydrogen-bond donors (Lipinski definition) is 0. The number of nitrogens with zero attached hydrogens (tertiary/aromatic N) is 1. The summed E-state index contributed by atoms with van der Waals surface area (Å²) in [6.07, 6.45) is 0. The molecule has 0 spiro atoms. The Morgan fingerprint density at radius 1 is 0.800 bits per heavy atom. The number of pyridine rings is 1. The molecule has 0 unspecified atom stereocenters. The molecule has 3 aromatic carbocycles. The molecule has 20 heavy (non-hydrogen) atoms. The van der Waals surface area contributed by atoms with Crippen LogP contribution in [0.5, 0.6) is 5.75 Å². The molecule has 0 amide bonds. The van der Waals surface area contributed by atoms with Gasteiger partial charge in [-0.3, -0.25) is 0 Å². The minimum atomic E-state index is 0.861. The topological polar surface area (TPSA) is 22.1 Å². The van der Waals surface area contributed by atoms with Gasteiger partial charge in [0.05, 0.1) is 18.1 Å². The first kappa shape index (κ1) is 11.2. The Bertz CT molecular complexity index is 944. The molecule has 0 saturated heterocycles. The minimum Gasteiger partial charge on any atom is -0.497 e. The zero-order chi connectivity index (χ0) is 13.5. The smallest absolute Gasteiger partial charge is 0.119 e. The molecule has 0 fully saturated rings. The first-order chi connectivity index (χ1) is 9.85. The van der Waals surface area contributed by atoms with E-state index in [1.54, 1.807) is 7.11 Å². The van der Waals surface area contributed by atoms with Crippen LogP contribution in [0.15, 0.2) is 60.7 Å². The third-order valence-electron chi connectivity index (χ3n) is 3.71. The van der Waals surface area contributed by atoms with Crippen LogP contribution in [0.3, 0.4) is 0 Å².